The Hall–Kier alpha value is -2.41. The normalized spacial score (nSPS) is 22.4. The zero-order valence-electron chi connectivity index (χ0n) is 22.1. The third-order valence-corrected chi connectivity index (χ3v) is 9.37. The predicted octanol–water partition coefficient (Wildman–Crippen LogP) is 3.78. The Kier molecular flexibility index (Phi) is 8.13. The first-order valence-corrected chi connectivity index (χ1v) is 14.9. The van der Waals surface area contributed by atoms with Crippen molar-refractivity contribution in [2.45, 2.75) is 50.6 Å². The van der Waals surface area contributed by atoms with Crippen LogP contribution in [0.5, 0.6) is 0 Å². The van der Waals surface area contributed by atoms with Gasteiger partial charge in [0.05, 0.1) is 43.0 Å². The average Bonchev–Trinajstić information content (AvgIpc) is 3.24. The summed E-state index contributed by atoms with van der Waals surface area (Å²) < 4.78 is 44.0. The summed E-state index contributed by atoms with van der Waals surface area (Å²) in [5.74, 6) is 0.639. The van der Waals surface area contributed by atoms with Gasteiger partial charge >= 0.3 is 0 Å². The second-order valence-electron chi connectivity index (χ2n) is 10.0. The van der Waals surface area contributed by atoms with Crippen LogP contribution < -0.4 is 0 Å². The Labute approximate surface area is 229 Å². The summed E-state index contributed by atoms with van der Waals surface area (Å²) in [7, 11) is -3.65. The van der Waals surface area contributed by atoms with Crippen molar-refractivity contribution in [3.05, 3.63) is 64.9 Å². The molecule has 3 heterocycles. The number of morpholine rings is 2. The van der Waals surface area contributed by atoms with Crippen LogP contribution in [-0.2, 0) is 26.2 Å². The third-order valence-electron chi connectivity index (χ3n) is 7.07. The summed E-state index contributed by atoms with van der Waals surface area (Å²) in [5, 5.41) is 4.97. The van der Waals surface area contributed by atoms with E-state index in [9.17, 15) is 8.42 Å². The fraction of sp³-hybridized carbons (Fsp3) is 0.481. The minimum atomic E-state index is -3.65. The van der Waals surface area contributed by atoms with E-state index in [4.69, 9.17) is 26.8 Å². The first-order valence-electron chi connectivity index (χ1n) is 13.0. The largest absolute Gasteiger partial charge is 0.379 e. The molecule has 2 aromatic carbocycles. The van der Waals surface area contributed by atoms with Gasteiger partial charge in [0.1, 0.15) is 0 Å². The van der Waals surface area contributed by atoms with Crippen LogP contribution in [0.15, 0.2) is 59.5 Å². The smallest absolute Gasteiger partial charge is 0.243 e. The molecule has 11 heteroatoms. The molecular weight excluding hydrogens is 522 g/mol. The van der Waals surface area contributed by atoms with E-state index >= 15 is 0 Å². The maximum absolute atomic E-state index is 13.4. The fourth-order valence-corrected chi connectivity index (χ4v) is 7.06. The molecule has 3 atom stereocenters. The zero-order chi connectivity index (χ0) is 26.9. The average molecular weight is 558 g/mol. The van der Waals surface area contributed by atoms with Crippen LogP contribution >= 0.6 is 12.2 Å². The molecule has 0 amide bonds. The number of hydrogen-bond acceptors (Lipinski definition) is 7. The highest BCUT2D eigenvalue weighted by atomic mass is 32.2. The van der Waals surface area contributed by atoms with Crippen molar-refractivity contribution >= 4 is 22.2 Å². The van der Waals surface area contributed by atoms with Gasteiger partial charge in [-0.2, -0.15) is 9.40 Å². The van der Waals surface area contributed by atoms with E-state index in [0.717, 1.165) is 18.7 Å². The van der Waals surface area contributed by atoms with Gasteiger partial charge in [-0.05, 0) is 50.7 Å². The molecule has 9 nitrogen and oxygen atoms in total. The lowest BCUT2D eigenvalue weighted by molar-refractivity contribution is -0.0777. The van der Waals surface area contributed by atoms with Crippen LogP contribution in [-0.4, -0.2) is 83.6 Å². The van der Waals surface area contributed by atoms with Gasteiger partial charge in [-0.15, -0.1) is 0 Å². The maximum Gasteiger partial charge on any atom is 0.243 e. The van der Waals surface area contributed by atoms with Gasteiger partial charge in [-0.3, -0.25) is 9.47 Å². The number of nitrogens with zero attached hydrogens (tertiary/aromatic N) is 5. The molecule has 0 bridgehead atoms. The minimum Gasteiger partial charge on any atom is -0.379 e. The van der Waals surface area contributed by atoms with Crippen LogP contribution in [0.3, 0.4) is 0 Å². The highest BCUT2D eigenvalue weighted by Gasteiger charge is 2.28. The van der Waals surface area contributed by atoms with Gasteiger partial charge in [-0.1, -0.05) is 42.5 Å². The highest BCUT2D eigenvalue weighted by Crippen LogP contribution is 2.29. The van der Waals surface area contributed by atoms with Gasteiger partial charge < -0.3 is 9.47 Å². The molecule has 1 aromatic heterocycles. The molecule has 38 heavy (non-hydrogen) atoms. The van der Waals surface area contributed by atoms with E-state index in [1.807, 2.05) is 33.5 Å². The van der Waals surface area contributed by atoms with Crippen LogP contribution in [0.1, 0.15) is 32.4 Å². The van der Waals surface area contributed by atoms with Crippen molar-refractivity contribution in [3.63, 3.8) is 0 Å². The Balaban J connectivity index is 1.56. The lowest BCUT2D eigenvalue weighted by Gasteiger charge is -2.34. The Bertz CT molecular complexity index is 1410. The van der Waals surface area contributed by atoms with Crippen molar-refractivity contribution in [3.8, 4) is 11.4 Å². The van der Waals surface area contributed by atoms with E-state index in [-0.39, 0.29) is 23.1 Å². The molecule has 0 N–H and O–H groups in total. The van der Waals surface area contributed by atoms with Crippen molar-refractivity contribution < 1.29 is 17.9 Å². The van der Waals surface area contributed by atoms with Gasteiger partial charge in [-0.25, -0.2) is 13.1 Å². The Morgan fingerprint density at radius 2 is 1.71 bits per heavy atom. The van der Waals surface area contributed by atoms with E-state index < -0.39 is 10.0 Å². The third kappa shape index (κ3) is 5.63. The second kappa shape index (κ2) is 11.4. The van der Waals surface area contributed by atoms with E-state index in [1.165, 1.54) is 4.31 Å². The molecule has 2 fully saturated rings. The fourth-order valence-electron chi connectivity index (χ4n) is 5.26. The minimum absolute atomic E-state index is 0.102. The standard InChI is InChI=1S/C27H35N5O4S2/c1-20-17-29(18-21(2)36-20)19-31-27(37)32(22(3)23-8-5-4-6-9-23)26(28-31)24-10-7-11-25(16-24)38(33,34)30-12-14-35-15-13-30/h4-11,16,20-22H,12-15,17-19H2,1-3H3/t20-,21+,22-/m1/s1. The van der Waals surface area contributed by atoms with Gasteiger partial charge in [0.25, 0.3) is 0 Å². The number of hydrogen-bond donors (Lipinski definition) is 0. The van der Waals surface area contributed by atoms with Crippen molar-refractivity contribution in [2.75, 3.05) is 39.4 Å². The maximum atomic E-state index is 13.4. The lowest BCUT2D eigenvalue weighted by atomic mass is 10.1. The summed E-state index contributed by atoms with van der Waals surface area (Å²) in [4.78, 5) is 2.54. The highest BCUT2D eigenvalue weighted by molar-refractivity contribution is 7.89. The quantitative estimate of drug-likeness (QED) is 0.409. The van der Waals surface area contributed by atoms with Crippen LogP contribution in [0, 0.1) is 4.77 Å². The summed E-state index contributed by atoms with van der Waals surface area (Å²) in [6, 6.07) is 17.0. The summed E-state index contributed by atoms with van der Waals surface area (Å²) in [6.07, 6.45) is 0.250. The molecule has 3 aromatic rings. The monoisotopic (exact) mass is 557 g/mol. The summed E-state index contributed by atoms with van der Waals surface area (Å²) >= 11 is 5.99. The second-order valence-corrected chi connectivity index (χ2v) is 12.3. The molecule has 2 aliphatic heterocycles. The first-order chi connectivity index (χ1) is 18.2. The van der Waals surface area contributed by atoms with Gasteiger partial charge in [0.2, 0.25) is 10.0 Å². The Morgan fingerprint density at radius 1 is 1.03 bits per heavy atom. The number of benzene rings is 2. The van der Waals surface area contributed by atoms with Gasteiger partial charge in [0.15, 0.2) is 10.6 Å². The number of aromatic nitrogens is 3. The number of ether oxygens (including phenoxy) is 2. The molecular formula is C27H35N5O4S2. The van der Waals surface area contributed by atoms with Gasteiger partial charge in [0, 0.05) is 31.7 Å². The molecule has 5 rings (SSSR count). The van der Waals surface area contributed by atoms with Crippen LogP contribution in [0.2, 0.25) is 0 Å². The molecule has 2 aliphatic rings. The van der Waals surface area contributed by atoms with Crippen LogP contribution in [0.25, 0.3) is 11.4 Å². The molecule has 0 unspecified atom stereocenters. The van der Waals surface area contributed by atoms with Crippen molar-refractivity contribution in [2.24, 2.45) is 0 Å². The molecule has 204 valence electrons. The van der Waals surface area contributed by atoms with Crippen molar-refractivity contribution in [1.82, 2.24) is 23.6 Å². The summed E-state index contributed by atoms with van der Waals surface area (Å²) in [5.41, 5.74) is 1.80. The number of rotatable bonds is 7. The van der Waals surface area contributed by atoms with Crippen LogP contribution in [0.4, 0.5) is 0 Å². The molecule has 0 aliphatic carbocycles. The van der Waals surface area contributed by atoms with E-state index in [1.54, 1.807) is 18.2 Å². The summed E-state index contributed by atoms with van der Waals surface area (Å²) in [6.45, 7) is 9.83. The predicted molar refractivity (Wildman–Crippen MR) is 148 cm³/mol. The Morgan fingerprint density at radius 3 is 2.39 bits per heavy atom. The zero-order valence-corrected chi connectivity index (χ0v) is 23.7. The lowest BCUT2D eigenvalue weighted by Crippen LogP contribution is -2.46. The number of sulfonamides is 1. The van der Waals surface area contributed by atoms with E-state index in [2.05, 4.69) is 37.8 Å². The molecule has 0 saturated carbocycles. The SMILES string of the molecule is C[C@@H]1CN(Cn2nc(-c3cccc(S(=O)(=O)N4CCOCC4)c3)n([C@H](C)c3ccccc3)c2=S)C[C@H](C)O1. The first kappa shape index (κ1) is 27.2. The molecule has 0 spiro atoms. The van der Waals surface area contributed by atoms with E-state index in [0.29, 0.717) is 49.1 Å². The molecule has 0 radical (unpaired) electrons. The topological polar surface area (TPSA) is 81.8 Å². The van der Waals surface area contributed by atoms with Crippen molar-refractivity contribution in [1.29, 1.82) is 0 Å². The molecule has 2 saturated heterocycles.